The number of nitrogens with zero attached hydrogens (tertiary/aromatic N) is 2. The second kappa shape index (κ2) is 5.61. The Labute approximate surface area is 115 Å². The summed E-state index contributed by atoms with van der Waals surface area (Å²) < 4.78 is 0. The van der Waals surface area contributed by atoms with Crippen LogP contribution in [0.2, 0.25) is 0 Å². The highest BCUT2D eigenvalue weighted by molar-refractivity contribution is 5.86. The summed E-state index contributed by atoms with van der Waals surface area (Å²) in [5.41, 5.74) is 8.01. The van der Waals surface area contributed by atoms with E-state index in [1.165, 1.54) is 5.56 Å². The third-order valence-electron chi connectivity index (χ3n) is 3.94. The van der Waals surface area contributed by atoms with E-state index < -0.39 is 0 Å². The van der Waals surface area contributed by atoms with Crippen molar-refractivity contribution in [3.8, 4) is 0 Å². The maximum atomic E-state index is 12.4. The van der Waals surface area contributed by atoms with Crippen LogP contribution in [0.25, 0.3) is 0 Å². The number of hydrogen-bond acceptors (Lipinski definition) is 3. The molecule has 104 valence electrons. The number of rotatable bonds is 3. The number of nitrogens with two attached hydrogens (primary N) is 1. The van der Waals surface area contributed by atoms with E-state index in [9.17, 15) is 4.79 Å². The molecule has 4 heteroatoms. The molecule has 1 aliphatic rings. The highest BCUT2D eigenvalue weighted by Gasteiger charge is 2.36. The summed E-state index contributed by atoms with van der Waals surface area (Å²) in [7, 11) is 1.88. The summed E-state index contributed by atoms with van der Waals surface area (Å²) in [6.45, 7) is 5.54. The molecule has 2 N–H and O–H groups in total. The molecule has 0 spiro atoms. The largest absolute Gasteiger partial charge is 0.357 e. The minimum absolute atomic E-state index is 0.131. The Morgan fingerprint density at radius 2 is 1.95 bits per heavy atom. The van der Waals surface area contributed by atoms with Crippen LogP contribution in [0.4, 0.5) is 5.69 Å². The molecule has 1 aromatic carbocycles. The van der Waals surface area contributed by atoms with Crippen LogP contribution in [0, 0.1) is 6.92 Å². The Kier molecular flexibility index (Phi) is 4.10. The van der Waals surface area contributed by atoms with Crippen LogP contribution in [0.3, 0.4) is 0 Å². The zero-order valence-corrected chi connectivity index (χ0v) is 12.0. The van der Waals surface area contributed by atoms with E-state index in [0.717, 1.165) is 12.2 Å². The summed E-state index contributed by atoms with van der Waals surface area (Å²) in [5, 5.41) is 0. The Hall–Kier alpha value is -1.55. The molecule has 1 fully saturated rings. The van der Waals surface area contributed by atoms with Crippen molar-refractivity contribution in [1.29, 1.82) is 0 Å². The van der Waals surface area contributed by atoms with Gasteiger partial charge in [0.2, 0.25) is 5.91 Å². The van der Waals surface area contributed by atoms with Gasteiger partial charge in [0.05, 0.1) is 0 Å². The molecule has 0 saturated carbocycles. The Morgan fingerprint density at radius 1 is 1.32 bits per heavy atom. The van der Waals surface area contributed by atoms with Gasteiger partial charge in [0, 0.05) is 25.3 Å². The van der Waals surface area contributed by atoms with Crippen LogP contribution in [0.1, 0.15) is 18.9 Å². The van der Waals surface area contributed by atoms with E-state index >= 15 is 0 Å². The number of hydrogen-bond donors (Lipinski definition) is 1. The van der Waals surface area contributed by atoms with Crippen LogP contribution in [0.15, 0.2) is 24.3 Å². The standard InChI is InChI=1S/C15H23N3O/c1-11-4-6-13(7-5-11)18-10-12(2)17(3)15(19)14(18)8-9-16/h4-7,12,14H,8-10,16H2,1-3H3. The minimum atomic E-state index is -0.131. The number of amides is 1. The normalized spacial score (nSPS) is 23.9. The maximum Gasteiger partial charge on any atom is 0.245 e. The Morgan fingerprint density at radius 3 is 2.53 bits per heavy atom. The summed E-state index contributed by atoms with van der Waals surface area (Å²) in [6.07, 6.45) is 0.698. The van der Waals surface area contributed by atoms with Crippen LogP contribution in [-0.2, 0) is 4.79 Å². The summed E-state index contributed by atoms with van der Waals surface area (Å²) in [5.74, 6) is 0.171. The molecule has 0 aromatic heterocycles. The number of benzene rings is 1. The SMILES string of the molecule is Cc1ccc(N2CC(C)N(C)C(=O)C2CCN)cc1. The van der Waals surface area contributed by atoms with Crippen molar-refractivity contribution in [2.24, 2.45) is 5.73 Å². The molecule has 0 bridgehead atoms. The Bertz CT molecular complexity index is 443. The highest BCUT2D eigenvalue weighted by Crippen LogP contribution is 2.25. The predicted molar refractivity (Wildman–Crippen MR) is 78.2 cm³/mol. The molecule has 0 radical (unpaired) electrons. The molecule has 1 saturated heterocycles. The zero-order valence-electron chi connectivity index (χ0n) is 12.0. The van der Waals surface area contributed by atoms with E-state index in [-0.39, 0.29) is 18.0 Å². The van der Waals surface area contributed by atoms with Crippen molar-refractivity contribution < 1.29 is 4.79 Å². The molecule has 1 heterocycles. The van der Waals surface area contributed by atoms with Crippen molar-refractivity contribution in [1.82, 2.24) is 4.90 Å². The van der Waals surface area contributed by atoms with Gasteiger partial charge < -0.3 is 15.5 Å². The van der Waals surface area contributed by atoms with Crippen LogP contribution in [-0.4, -0.2) is 43.0 Å². The van der Waals surface area contributed by atoms with Crippen LogP contribution < -0.4 is 10.6 Å². The minimum Gasteiger partial charge on any atom is -0.357 e. The van der Waals surface area contributed by atoms with Crippen molar-refractivity contribution in [3.63, 3.8) is 0 Å². The monoisotopic (exact) mass is 261 g/mol. The van der Waals surface area contributed by atoms with E-state index in [2.05, 4.69) is 43.0 Å². The molecule has 2 rings (SSSR count). The first-order valence-electron chi connectivity index (χ1n) is 6.84. The lowest BCUT2D eigenvalue weighted by atomic mass is 10.0. The molecule has 0 aliphatic carbocycles. The molecule has 4 nitrogen and oxygen atoms in total. The summed E-state index contributed by atoms with van der Waals surface area (Å²) in [4.78, 5) is 16.4. The third-order valence-corrected chi connectivity index (χ3v) is 3.94. The van der Waals surface area contributed by atoms with Gasteiger partial charge in [-0.05, 0) is 38.9 Å². The molecule has 2 atom stereocenters. The number of carbonyl (C=O) groups is 1. The quantitative estimate of drug-likeness (QED) is 0.894. The van der Waals surface area contributed by atoms with Gasteiger partial charge in [0.15, 0.2) is 0 Å². The molecule has 1 aromatic rings. The van der Waals surface area contributed by atoms with Gasteiger partial charge in [0.1, 0.15) is 6.04 Å². The van der Waals surface area contributed by atoms with Gasteiger partial charge in [-0.2, -0.15) is 0 Å². The van der Waals surface area contributed by atoms with Gasteiger partial charge in [-0.3, -0.25) is 4.79 Å². The van der Waals surface area contributed by atoms with Crippen molar-refractivity contribution in [2.45, 2.75) is 32.4 Å². The molecular formula is C15H23N3O. The van der Waals surface area contributed by atoms with Gasteiger partial charge in [-0.1, -0.05) is 17.7 Å². The van der Waals surface area contributed by atoms with E-state index in [4.69, 9.17) is 5.73 Å². The van der Waals surface area contributed by atoms with E-state index in [1.54, 1.807) is 0 Å². The van der Waals surface area contributed by atoms with Gasteiger partial charge >= 0.3 is 0 Å². The number of likely N-dealkylation sites (N-methyl/N-ethyl adjacent to an activating group) is 1. The first kappa shape index (κ1) is 13.9. The van der Waals surface area contributed by atoms with E-state index in [0.29, 0.717) is 13.0 Å². The topological polar surface area (TPSA) is 49.6 Å². The van der Waals surface area contributed by atoms with Crippen LogP contribution >= 0.6 is 0 Å². The van der Waals surface area contributed by atoms with Crippen LogP contribution in [0.5, 0.6) is 0 Å². The first-order valence-corrected chi connectivity index (χ1v) is 6.84. The maximum absolute atomic E-state index is 12.4. The van der Waals surface area contributed by atoms with Crippen molar-refractivity contribution in [2.75, 3.05) is 25.0 Å². The van der Waals surface area contributed by atoms with Gasteiger partial charge in [0.25, 0.3) is 0 Å². The number of carbonyl (C=O) groups excluding carboxylic acids is 1. The summed E-state index contributed by atoms with van der Waals surface area (Å²) >= 11 is 0. The molecule has 2 unspecified atom stereocenters. The van der Waals surface area contributed by atoms with Crippen molar-refractivity contribution in [3.05, 3.63) is 29.8 Å². The molecular weight excluding hydrogens is 238 g/mol. The lowest BCUT2D eigenvalue weighted by Gasteiger charge is -2.44. The number of aryl methyl sites for hydroxylation is 1. The molecule has 1 aliphatic heterocycles. The molecule has 19 heavy (non-hydrogen) atoms. The number of anilines is 1. The fourth-order valence-corrected chi connectivity index (χ4v) is 2.58. The van der Waals surface area contributed by atoms with Gasteiger partial charge in [-0.15, -0.1) is 0 Å². The number of piperazine rings is 1. The average Bonchev–Trinajstić information content (AvgIpc) is 2.40. The van der Waals surface area contributed by atoms with Crippen molar-refractivity contribution >= 4 is 11.6 Å². The predicted octanol–water partition coefficient (Wildman–Crippen LogP) is 1.38. The third kappa shape index (κ3) is 2.73. The lowest BCUT2D eigenvalue weighted by Crippen LogP contribution is -2.60. The second-order valence-electron chi connectivity index (χ2n) is 5.38. The van der Waals surface area contributed by atoms with Gasteiger partial charge in [-0.25, -0.2) is 0 Å². The second-order valence-corrected chi connectivity index (χ2v) is 5.38. The smallest absolute Gasteiger partial charge is 0.245 e. The fraction of sp³-hybridized carbons (Fsp3) is 0.533. The van der Waals surface area contributed by atoms with E-state index in [1.807, 2.05) is 11.9 Å². The highest BCUT2D eigenvalue weighted by atomic mass is 16.2. The Balaban J connectivity index is 2.29. The lowest BCUT2D eigenvalue weighted by molar-refractivity contribution is -0.135. The summed E-state index contributed by atoms with van der Waals surface area (Å²) in [6, 6.07) is 8.44. The zero-order chi connectivity index (χ0) is 14.0. The average molecular weight is 261 g/mol. The molecule has 1 amide bonds. The first-order chi connectivity index (χ1) is 9.04. The fourth-order valence-electron chi connectivity index (χ4n) is 2.58.